The maximum atomic E-state index is 11.7. The monoisotopic (exact) mass is 355 g/mol. The van der Waals surface area contributed by atoms with E-state index in [0.29, 0.717) is 11.3 Å². The fourth-order valence-electron chi connectivity index (χ4n) is 1.50. The second-order valence-corrected chi connectivity index (χ2v) is 6.03. The fourth-order valence-corrected chi connectivity index (χ4v) is 3.02. The van der Waals surface area contributed by atoms with E-state index in [-0.39, 0.29) is 20.4 Å². The van der Waals surface area contributed by atoms with Crippen molar-refractivity contribution < 1.29 is 24.0 Å². The number of nitrogens with two attached hydrogens (primary N) is 1. The molecule has 2 aromatic rings. The van der Waals surface area contributed by atoms with Crippen LogP contribution in [0, 0.1) is 10.1 Å². The summed E-state index contributed by atoms with van der Waals surface area (Å²) in [7, 11) is 0. The minimum absolute atomic E-state index is 0.0125. The van der Waals surface area contributed by atoms with Crippen molar-refractivity contribution in [3.63, 3.8) is 0 Å². The molecule has 120 valence electrons. The zero-order valence-electron chi connectivity index (χ0n) is 11.3. The number of nitro groups is 1. The third-order valence-electron chi connectivity index (χ3n) is 2.49. The fraction of sp³-hybridized carbons (Fsp3) is 0.0833. The van der Waals surface area contributed by atoms with Crippen LogP contribution in [-0.4, -0.2) is 29.3 Å². The van der Waals surface area contributed by atoms with Gasteiger partial charge >= 0.3 is 11.0 Å². The topological polar surface area (TPSA) is 142 Å². The third-order valence-corrected chi connectivity index (χ3v) is 4.34. The SMILES string of the molecule is NC(=O)c1ccsc1NC(=O)COC(=O)c1ccc([N+](=O)[O-])s1. The Balaban J connectivity index is 1.90. The van der Waals surface area contributed by atoms with Gasteiger partial charge in [-0.3, -0.25) is 19.7 Å². The van der Waals surface area contributed by atoms with Crippen LogP contribution in [0.15, 0.2) is 23.6 Å². The number of thiophene rings is 2. The number of ether oxygens (including phenoxy) is 1. The van der Waals surface area contributed by atoms with Crippen LogP contribution in [0.4, 0.5) is 10.0 Å². The molecule has 2 aromatic heterocycles. The summed E-state index contributed by atoms with van der Waals surface area (Å²) < 4.78 is 4.76. The van der Waals surface area contributed by atoms with Crippen LogP contribution in [0.25, 0.3) is 0 Å². The second kappa shape index (κ2) is 6.98. The molecule has 2 heterocycles. The number of carbonyl (C=O) groups excluding carboxylic acids is 3. The van der Waals surface area contributed by atoms with Crippen molar-refractivity contribution in [2.24, 2.45) is 5.73 Å². The van der Waals surface area contributed by atoms with E-state index in [1.807, 2.05) is 0 Å². The van der Waals surface area contributed by atoms with Gasteiger partial charge < -0.3 is 15.8 Å². The van der Waals surface area contributed by atoms with Crippen LogP contribution >= 0.6 is 22.7 Å². The van der Waals surface area contributed by atoms with Gasteiger partial charge in [0.25, 0.3) is 11.8 Å². The molecule has 0 fully saturated rings. The molecule has 23 heavy (non-hydrogen) atoms. The van der Waals surface area contributed by atoms with Crippen molar-refractivity contribution in [2.75, 3.05) is 11.9 Å². The average molecular weight is 355 g/mol. The van der Waals surface area contributed by atoms with Crippen LogP contribution < -0.4 is 11.1 Å². The molecule has 0 bridgehead atoms. The molecule has 9 nitrogen and oxygen atoms in total. The van der Waals surface area contributed by atoms with E-state index >= 15 is 0 Å². The number of amides is 2. The molecule has 0 aliphatic rings. The number of anilines is 1. The number of esters is 1. The number of nitrogens with one attached hydrogen (secondary N) is 1. The minimum atomic E-state index is -0.848. The Labute approximate surface area is 136 Å². The average Bonchev–Trinajstić information content (AvgIpc) is 3.13. The zero-order chi connectivity index (χ0) is 17.0. The molecular weight excluding hydrogens is 346 g/mol. The van der Waals surface area contributed by atoms with Gasteiger partial charge in [0.15, 0.2) is 6.61 Å². The van der Waals surface area contributed by atoms with Crippen molar-refractivity contribution in [3.05, 3.63) is 44.1 Å². The maximum Gasteiger partial charge on any atom is 0.349 e. The summed E-state index contributed by atoms with van der Waals surface area (Å²) in [5.74, 6) is -2.20. The Kier molecular flexibility index (Phi) is 5.03. The molecule has 0 saturated carbocycles. The molecule has 0 aliphatic carbocycles. The predicted octanol–water partition coefficient (Wildman–Crippen LogP) is 1.61. The van der Waals surface area contributed by atoms with Gasteiger partial charge in [0.05, 0.1) is 10.5 Å². The van der Waals surface area contributed by atoms with Gasteiger partial charge in [-0.1, -0.05) is 11.3 Å². The number of rotatable bonds is 6. The number of hydrogen-bond donors (Lipinski definition) is 2. The lowest BCUT2D eigenvalue weighted by Gasteiger charge is -2.05. The number of nitrogens with zero attached hydrogens (tertiary/aromatic N) is 1. The largest absolute Gasteiger partial charge is 0.451 e. The molecule has 11 heteroatoms. The van der Waals surface area contributed by atoms with Gasteiger partial charge in [-0.2, -0.15) is 0 Å². The van der Waals surface area contributed by atoms with Crippen LogP contribution in [0.1, 0.15) is 20.0 Å². The summed E-state index contributed by atoms with van der Waals surface area (Å²) >= 11 is 1.75. The molecule has 0 radical (unpaired) electrons. The van der Waals surface area contributed by atoms with Crippen molar-refractivity contribution in [3.8, 4) is 0 Å². The van der Waals surface area contributed by atoms with Crippen LogP contribution in [0.2, 0.25) is 0 Å². The van der Waals surface area contributed by atoms with Crippen molar-refractivity contribution >= 4 is 50.5 Å². The normalized spacial score (nSPS) is 10.1. The first kappa shape index (κ1) is 16.6. The maximum absolute atomic E-state index is 11.7. The first-order valence-electron chi connectivity index (χ1n) is 5.97. The molecule has 0 unspecified atom stereocenters. The van der Waals surface area contributed by atoms with E-state index in [4.69, 9.17) is 10.5 Å². The summed E-state index contributed by atoms with van der Waals surface area (Å²) in [6.45, 7) is -0.597. The highest BCUT2D eigenvalue weighted by Gasteiger charge is 2.18. The number of hydrogen-bond acceptors (Lipinski definition) is 8. The van der Waals surface area contributed by atoms with E-state index in [0.717, 1.165) is 11.3 Å². The zero-order valence-corrected chi connectivity index (χ0v) is 12.9. The molecule has 0 saturated heterocycles. The Morgan fingerprint density at radius 3 is 2.65 bits per heavy atom. The summed E-state index contributed by atoms with van der Waals surface area (Å²) in [6.07, 6.45) is 0. The van der Waals surface area contributed by atoms with Crippen molar-refractivity contribution in [2.45, 2.75) is 0 Å². The molecule has 3 N–H and O–H groups in total. The van der Waals surface area contributed by atoms with Gasteiger partial charge in [0.2, 0.25) is 0 Å². The van der Waals surface area contributed by atoms with Gasteiger partial charge in [0, 0.05) is 6.07 Å². The summed E-state index contributed by atoms with van der Waals surface area (Å²) in [5, 5.41) is 14.6. The molecule has 0 spiro atoms. The lowest BCUT2D eigenvalue weighted by Crippen LogP contribution is -2.22. The second-order valence-electron chi connectivity index (χ2n) is 4.05. The van der Waals surface area contributed by atoms with Gasteiger partial charge in [-0.15, -0.1) is 11.3 Å². The smallest absolute Gasteiger partial charge is 0.349 e. The quantitative estimate of drug-likeness (QED) is 0.458. The van der Waals surface area contributed by atoms with E-state index in [2.05, 4.69) is 5.32 Å². The predicted molar refractivity (Wildman–Crippen MR) is 82.7 cm³/mol. The van der Waals surface area contributed by atoms with E-state index < -0.39 is 29.3 Å². The molecule has 2 amide bonds. The Morgan fingerprint density at radius 1 is 1.30 bits per heavy atom. The van der Waals surface area contributed by atoms with Crippen LogP contribution in [0.5, 0.6) is 0 Å². The molecule has 0 atom stereocenters. The van der Waals surface area contributed by atoms with E-state index in [1.54, 1.807) is 5.38 Å². The molecule has 0 aliphatic heterocycles. The van der Waals surface area contributed by atoms with Crippen molar-refractivity contribution in [1.29, 1.82) is 0 Å². The Hall–Kier alpha value is -2.79. The highest BCUT2D eigenvalue weighted by molar-refractivity contribution is 7.17. The van der Waals surface area contributed by atoms with Gasteiger partial charge in [0.1, 0.15) is 9.88 Å². The lowest BCUT2D eigenvalue weighted by molar-refractivity contribution is -0.380. The third kappa shape index (κ3) is 4.11. The Bertz CT molecular complexity index is 781. The first-order chi connectivity index (χ1) is 10.9. The van der Waals surface area contributed by atoms with Gasteiger partial charge in [-0.25, -0.2) is 4.79 Å². The molecule has 2 rings (SSSR count). The van der Waals surface area contributed by atoms with Crippen LogP contribution in [0.3, 0.4) is 0 Å². The highest BCUT2D eigenvalue weighted by atomic mass is 32.1. The summed E-state index contributed by atoms with van der Waals surface area (Å²) in [5.41, 5.74) is 5.29. The molecule has 0 aromatic carbocycles. The standard InChI is InChI=1S/C12H9N3O6S2/c13-10(17)6-3-4-22-11(6)14-8(16)5-21-12(18)7-1-2-9(23-7)15(19)20/h1-4H,5H2,(H2,13,17)(H,14,16). The summed E-state index contributed by atoms with van der Waals surface area (Å²) in [4.78, 5) is 44.4. The van der Waals surface area contributed by atoms with Crippen molar-refractivity contribution in [1.82, 2.24) is 0 Å². The van der Waals surface area contributed by atoms with E-state index in [1.165, 1.54) is 18.2 Å². The summed E-state index contributed by atoms with van der Waals surface area (Å²) in [6, 6.07) is 3.87. The lowest BCUT2D eigenvalue weighted by atomic mass is 10.3. The van der Waals surface area contributed by atoms with Gasteiger partial charge in [-0.05, 0) is 17.5 Å². The Morgan fingerprint density at radius 2 is 2.04 bits per heavy atom. The van der Waals surface area contributed by atoms with E-state index in [9.17, 15) is 24.5 Å². The minimum Gasteiger partial charge on any atom is -0.451 e. The van der Waals surface area contributed by atoms with Crippen LogP contribution in [-0.2, 0) is 9.53 Å². The number of carbonyl (C=O) groups is 3. The number of primary amides is 1. The molecular formula is C12H9N3O6S2. The first-order valence-corrected chi connectivity index (χ1v) is 7.66. The highest BCUT2D eigenvalue weighted by Crippen LogP contribution is 2.25.